The molecule has 1 aromatic heterocycles. The number of hydrogen-bond donors (Lipinski definition) is 2. The fraction of sp³-hybridized carbons (Fsp3) is 0.100. The molecule has 0 aliphatic rings. The second-order valence-corrected chi connectivity index (χ2v) is 6.01. The van der Waals surface area contributed by atoms with Gasteiger partial charge in [0.1, 0.15) is 12.7 Å². The quantitative estimate of drug-likeness (QED) is 0.629. The van der Waals surface area contributed by atoms with Gasteiger partial charge in [0.2, 0.25) is 11.8 Å². The van der Waals surface area contributed by atoms with Gasteiger partial charge in [-0.2, -0.15) is 5.10 Å². The van der Waals surface area contributed by atoms with Gasteiger partial charge >= 0.3 is 0 Å². The van der Waals surface area contributed by atoms with Crippen LogP contribution in [0.1, 0.15) is 5.56 Å². The van der Waals surface area contributed by atoms with E-state index in [4.69, 9.17) is 5.73 Å². The number of anilines is 1. The Balaban J connectivity index is 1.75. The van der Waals surface area contributed by atoms with Crippen LogP contribution in [-0.4, -0.2) is 26.6 Å². The number of aromatic nitrogens is 3. The Labute approximate surface area is 156 Å². The molecule has 27 heavy (non-hydrogen) atoms. The summed E-state index contributed by atoms with van der Waals surface area (Å²) < 4.78 is 1.61. The zero-order chi connectivity index (χ0) is 19.2. The molecule has 136 valence electrons. The van der Waals surface area contributed by atoms with Crippen LogP contribution in [0.2, 0.25) is 0 Å². The van der Waals surface area contributed by atoms with Gasteiger partial charge in [0.15, 0.2) is 0 Å². The van der Waals surface area contributed by atoms with Gasteiger partial charge in [0.05, 0.1) is 11.6 Å². The summed E-state index contributed by atoms with van der Waals surface area (Å²) in [5.41, 5.74) is 7.77. The number of benzene rings is 2. The number of nitrogens with one attached hydrogen (secondary N) is 1. The van der Waals surface area contributed by atoms with E-state index in [1.54, 1.807) is 35.3 Å². The predicted octanol–water partition coefficient (Wildman–Crippen LogP) is 2.11. The maximum Gasteiger partial charge on any atom is 0.244 e. The van der Waals surface area contributed by atoms with Gasteiger partial charge in [-0.3, -0.25) is 9.59 Å². The van der Waals surface area contributed by atoms with Crippen molar-refractivity contribution in [2.45, 2.75) is 6.42 Å². The zero-order valence-electron chi connectivity index (χ0n) is 14.6. The lowest BCUT2D eigenvalue weighted by Gasteiger charge is -2.18. The highest BCUT2D eigenvalue weighted by atomic mass is 16.2. The third-order valence-corrected chi connectivity index (χ3v) is 4.15. The third kappa shape index (κ3) is 4.46. The molecule has 3 rings (SSSR count). The SMILES string of the molecule is C=C(C(N)=O)[C@H](Cc1ccccc1)C(=O)Nc1ccc(-n2cncn2)cc1. The van der Waals surface area contributed by atoms with Crippen molar-refractivity contribution in [2.75, 3.05) is 5.32 Å². The number of carbonyl (C=O) groups excluding carboxylic acids is 2. The number of primary amides is 1. The smallest absolute Gasteiger partial charge is 0.244 e. The maximum atomic E-state index is 12.8. The van der Waals surface area contributed by atoms with Crippen LogP contribution in [0.15, 0.2) is 79.4 Å². The summed E-state index contributed by atoms with van der Waals surface area (Å²) >= 11 is 0. The van der Waals surface area contributed by atoms with Crippen LogP contribution in [0.5, 0.6) is 0 Å². The molecular formula is C20H19N5O2. The van der Waals surface area contributed by atoms with Crippen LogP contribution in [0.4, 0.5) is 5.69 Å². The lowest BCUT2D eigenvalue weighted by Crippen LogP contribution is -2.31. The van der Waals surface area contributed by atoms with Crippen LogP contribution in [-0.2, 0) is 16.0 Å². The van der Waals surface area contributed by atoms with E-state index >= 15 is 0 Å². The molecule has 1 atom stereocenters. The summed E-state index contributed by atoms with van der Waals surface area (Å²) in [6.07, 6.45) is 3.37. The molecule has 0 unspecified atom stereocenters. The van der Waals surface area contributed by atoms with E-state index in [1.807, 2.05) is 30.3 Å². The first-order chi connectivity index (χ1) is 13.0. The van der Waals surface area contributed by atoms with Gasteiger partial charge in [-0.15, -0.1) is 0 Å². The molecule has 7 heteroatoms. The number of nitrogens with zero attached hydrogens (tertiary/aromatic N) is 3. The number of nitrogens with two attached hydrogens (primary N) is 1. The molecule has 0 saturated carbocycles. The van der Waals surface area contributed by atoms with Crippen molar-refractivity contribution < 1.29 is 9.59 Å². The minimum Gasteiger partial charge on any atom is -0.366 e. The summed E-state index contributed by atoms with van der Waals surface area (Å²) in [5.74, 6) is -1.77. The van der Waals surface area contributed by atoms with Crippen LogP contribution in [0, 0.1) is 5.92 Å². The molecule has 1 heterocycles. The Bertz CT molecular complexity index is 934. The van der Waals surface area contributed by atoms with Crippen LogP contribution < -0.4 is 11.1 Å². The number of carbonyl (C=O) groups is 2. The lowest BCUT2D eigenvalue weighted by molar-refractivity contribution is -0.122. The van der Waals surface area contributed by atoms with Gasteiger partial charge < -0.3 is 11.1 Å². The largest absolute Gasteiger partial charge is 0.366 e. The topological polar surface area (TPSA) is 103 Å². The lowest BCUT2D eigenvalue weighted by atomic mass is 9.91. The van der Waals surface area contributed by atoms with Crippen LogP contribution in [0.3, 0.4) is 0 Å². The molecule has 0 spiro atoms. The molecule has 0 saturated heterocycles. The number of amides is 2. The van der Waals surface area contributed by atoms with E-state index in [2.05, 4.69) is 22.0 Å². The van der Waals surface area contributed by atoms with Crippen LogP contribution in [0.25, 0.3) is 5.69 Å². The average Bonchev–Trinajstić information content (AvgIpc) is 3.21. The van der Waals surface area contributed by atoms with Crippen molar-refractivity contribution in [3.8, 4) is 5.69 Å². The van der Waals surface area contributed by atoms with Gasteiger partial charge in [0.25, 0.3) is 0 Å². The molecule has 0 fully saturated rings. The van der Waals surface area contributed by atoms with Gasteiger partial charge in [0, 0.05) is 11.3 Å². The minimum atomic E-state index is -0.750. The molecule has 3 N–H and O–H groups in total. The minimum absolute atomic E-state index is 0.0792. The van der Waals surface area contributed by atoms with E-state index in [-0.39, 0.29) is 11.5 Å². The van der Waals surface area contributed by atoms with Crippen molar-refractivity contribution in [3.63, 3.8) is 0 Å². The Morgan fingerprint density at radius 3 is 2.41 bits per heavy atom. The van der Waals surface area contributed by atoms with E-state index in [1.165, 1.54) is 6.33 Å². The Hall–Kier alpha value is -3.74. The average molecular weight is 361 g/mol. The van der Waals surface area contributed by atoms with E-state index in [0.717, 1.165) is 11.3 Å². The summed E-state index contributed by atoms with van der Waals surface area (Å²) in [5, 5.41) is 6.87. The molecule has 0 aliphatic heterocycles. The third-order valence-electron chi connectivity index (χ3n) is 4.15. The van der Waals surface area contributed by atoms with Gasteiger partial charge in [-0.25, -0.2) is 9.67 Å². The Morgan fingerprint density at radius 1 is 1.11 bits per heavy atom. The van der Waals surface area contributed by atoms with Crippen molar-refractivity contribution in [3.05, 3.63) is 85.0 Å². The molecule has 7 nitrogen and oxygen atoms in total. The Morgan fingerprint density at radius 2 is 1.81 bits per heavy atom. The second kappa shape index (κ2) is 8.09. The molecule has 2 amide bonds. The monoisotopic (exact) mass is 361 g/mol. The van der Waals surface area contributed by atoms with E-state index < -0.39 is 11.8 Å². The van der Waals surface area contributed by atoms with E-state index in [9.17, 15) is 9.59 Å². The summed E-state index contributed by atoms with van der Waals surface area (Å²) in [6.45, 7) is 3.71. The Kier molecular flexibility index (Phi) is 5.41. The van der Waals surface area contributed by atoms with Crippen LogP contribution >= 0.6 is 0 Å². The number of hydrogen-bond acceptors (Lipinski definition) is 4. The molecule has 0 aliphatic carbocycles. The molecular weight excluding hydrogens is 342 g/mol. The predicted molar refractivity (Wildman–Crippen MR) is 102 cm³/mol. The maximum absolute atomic E-state index is 12.8. The first-order valence-corrected chi connectivity index (χ1v) is 8.33. The molecule has 2 aromatic carbocycles. The summed E-state index contributed by atoms with van der Waals surface area (Å²) in [6, 6.07) is 16.5. The molecule has 3 aromatic rings. The molecule has 0 radical (unpaired) electrons. The fourth-order valence-electron chi connectivity index (χ4n) is 2.66. The fourth-order valence-corrected chi connectivity index (χ4v) is 2.66. The summed E-state index contributed by atoms with van der Waals surface area (Å²) in [7, 11) is 0. The van der Waals surface area contributed by atoms with Gasteiger partial charge in [-0.05, 0) is 36.2 Å². The van der Waals surface area contributed by atoms with Crippen molar-refractivity contribution in [1.29, 1.82) is 0 Å². The van der Waals surface area contributed by atoms with Crippen molar-refractivity contribution >= 4 is 17.5 Å². The highest BCUT2D eigenvalue weighted by Crippen LogP contribution is 2.20. The van der Waals surface area contributed by atoms with Crippen molar-refractivity contribution in [2.24, 2.45) is 11.7 Å². The van der Waals surface area contributed by atoms with Crippen molar-refractivity contribution in [1.82, 2.24) is 14.8 Å². The number of rotatable bonds is 7. The molecule has 0 bridgehead atoms. The zero-order valence-corrected chi connectivity index (χ0v) is 14.6. The highest BCUT2D eigenvalue weighted by molar-refractivity contribution is 6.03. The first-order valence-electron chi connectivity index (χ1n) is 8.33. The first kappa shape index (κ1) is 18.1. The van der Waals surface area contributed by atoms with E-state index in [0.29, 0.717) is 12.1 Å². The van der Waals surface area contributed by atoms with Gasteiger partial charge in [-0.1, -0.05) is 36.9 Å². The summed E-state index contributed by atoms with van der Waals surface area (Å²) in [4.78, 5) is 28.3. The highest BCUT2D eigenvalue weighted by Gasteiger charge is 2.25. The normalized spacial score (nSPS) is 11.6. The standard InChI is InChI=1S/C20H19N5O2/c1-14(19(21)26)18(11-15-5-3-2-4-6-15)20(27)24-16-7-9-17(10-8-16)25-13-22-12-23-25/h2-10,12-13,18H,1,11H2,(H2,21,26)(H,24,27)/t18-/m0/s1. The second-order valence-electron chi connectivity index (χ2n) is 6.01.